The molecule has 1 fully saturated rings. The average Bonchev–Trinajstić information content (AvgIpc) is 2.68. The fourth-order valence-electron chi connectivity index (χ4n) is 3.62. The summed E-state index contributed by atoms with van der Waals surface area (Å²) < 4.78 is 40.4. The summed E-state index contributed by atoms with van der Waals surface area (Å²) >= 11 is 0. The van der Waals surface area contributed by atoms with E-state index in [0.717, 1.165) is 19.4 Å². The van der Waals surface area contributed by atoms with Crippen LogP contribution in [0.2, 0.25) is 0 Å². The Morgan fingerprint density at radius 2 is 1.73 bits per heavy atom. The molecular formula is C20H26NO7PS. The summed E-state index contributed by atoms with van der Waals surface area (Å²) in [5, 5.41) is 10.5. The van der Waals surface area contributed by atoms with Crippen LogP contribution < -0.4 is 4.52 Å². The summed E-state index contributed by atoms with van der Waals surface area (Å²) in [4.78, 5) is 19.6. The first-order chi connectivity index (χ1) is 14.1. The van der Waals surface area contributed by atoms with E-state index in [1.807, 2.05) is 35.2 Å². The van der Waals surface area contributed by atoms with Crippen LogP contribution in [0, 0.1) is 5.92 Å². The molecule has 0 saturated carbocycles. The molecule has 30 heavy (non-hydrogen) atoms. The van der Waals surface area contributed by atoms with Crippen molar-refractivity contribution >= 4 is 17.7 Å². The van der Waals surface area contributed by atoms with E-state index in [1.165, 1.54) is 29.8 Å². The number of rotatable bonds is 8. The van der Waals surface area contributed by atoms with Gasteiger partial charge in [0.2, 0.25) is 0 Å². The van der Waals surface area contributed by atoms with Crippen LogP contribution in [0.15, 0.2) is 59.5 Å². The normalized spacial score (nSPS) is 20.8. The third-order valence-electron chi connectivity index (χ3n) is 5.23. The van der Waals surface area contributed by atoms with Crippen molar-refractivity contribution in [2.24, 2.45) is 5.92 Å². The number of piperidine rings is 1. The largest absolute Gasteiger partial charge is 0.524 e. The zero-order chi connectivity index (χ0) is 21.8. The van der Waals surface area contributed by atoms with Crippen LogP contribution in [0.5, 0.6) is 5.75 Å². The van der Waals surface area contributed by atoms with Gasteiger partial charge in [0.05, 0.1) is 16.8 Å². The van der Waals surface area contributed by atoms with Crippen molar-refractivity contribution in [2.75, 3.05) is 25.4 Å². The maximum atomic E-state index is 12.6. The second-order valence-corrected chi connectivity index (χ2v) is 10.8. The highest BCUT2D eigenvalue weighted by atomic mass is 32.2. The summed E-state index contributed by atoms with van der Waals surface area (Å²) in [7, 11) is -8.26. The van der Waals surface area contributed by atoms with Gasteiger partial charge >= 0.3 is 7.82 Å². The molecule has 0 bridgehead atoms. The van der Waals surface area contributed by atoms with Crippen molar-refractivity contribution in [1.82, 2.24) is 4.90 Å². The first-order valence-electron chi connectivity index (χ1n) is 9.65. The van der Waals surface area contributed by atoms with Crippen molar-refractivity contribution < 1.29 is 32.4 Å². The molecule has 3 N–H and O–H groups in total. The SMILES string of the molecule is O=P(O)(O)Oc1ccc(S(=O)(=O)CCN2CCC(Cc3ccccc3)C(O)C2)cc1. The maximum Gasteiger partial charge on any atom is 0.524 e. The Kier molecular flexibility index (Phi) is 7.34. The summed E-state index contributed by atoms with van der Waals surface area (Å²) in [6, 6.07) is 15.0. The van der Waals surface area contributed by atoms with Gasteiger partial charge in [0.15, 0.2) is 9.84 Å². The zero-order valence-corrected chi connectivity index (χ0v) is 18.1. The van der Waals surface area contributed by atoms with E-state index in [-0.39, 0.29) is 22.3 Å². The first kappa shape index (κ1) is 22.9. The molecule has 8 nitrogen and oxygen atoms in total. The third-order valence-corrected chi connectivity index (χ3v) is 7.39. The number of phosphoric ester groups is 1. The van der Waals surface area contributed by atoms with Gasteiger partial charge in [0.25, 0.3) is 0 Å². The molecule has 10 heteroatoms. The van der Waals surface area contributed by atoms with Crippen molar-refractivity contribution in [3.05, 3.63) is 60.2 Å². The van der Waals surface area contributed by atoms with Crippen LogP contribution in [-0.2, 0) is 20.8 Å². The topological polar surface area (TPSA) is 124 Å². The van der Waals surface area contributed by atoms with Crippen molar-refractivity contribution in [3.63, 3.8) is 0 Å². The molecule has 0 aliphatic carbocycles. The summed E-state index contributed by atoms with van der Waals surface area (Å²) in [5.74, 6) is -0.0605. The number of sulfone groups is 1. The third kappa shape index (κ3) is 6.63. The number of nitrogens with zero attached hydrogens (tertiary/aromatic N) is 1. The molecule has 2 aromatic rings. The molecule has 0 radical (unpaired) electrons. The highest BCUT2D eigenvalue weighted by molar-refractivity contribution is 7.91. The average molecular weight is 455 g/mol. The highest BCUT2D eigenvalue weighted by Crippen LogP contribution is 2.37. The number of benzene rings is 2. The van der Waals surface area contributed by atoms with Gasteiger partial charge in [-0.25, -0.2) is 13.0 Å². The molecule has 1 heterocycles. The first-order valence-corrected chi connectivity index (χ1v) is 12.8. The Morgan fingerprint density at radius 3 is 2.33 bits per heavy atom. The van der Waals surface area contributed by atoms with Crippen molar-refractivity contribution in [1.29, 1.82) is 0 Å². The van der Waals surface area contributed by atoms with Crippen LogP contribution in [-0.4, -0.2) is 59.7 Å². The van der Waals surface area contributed by atoms with Gasteiger partial charge in [-0.2, -0.15) is 0 Å². The fraction of sp³-hybridized carbons (Fsp3) is 0.400. The lowest BCUT2D eigenvalue weighted by atomic mass is 9.88. The molecule has 3 rings (SSSR count). The molecule has 0 amide bonds. The summed E-state index contributed by atoms with van der Waals surface area (Å²) in [6.07, 6.45) is 1.09. The lowest BCUT2D eigenvalue weighted by Gasteiger charge is -2.36. The van der Waals surface area contributed by atoms with E-state index >= 15 is 0 Å². The summed E-state index contributed by atoms with van der Waals surface area (Å²) in [5.41, 5.74) is 1.18. The van der Waals surface area contributed by atoms with E-state index in [2.05, 4.69) is 4.52 Å². The van der Waals surface area contributed by atoms with Crippen LogP contribution in [0.4, 0.5) is 0 Å². The molecular weight excluding hydrogens is 429 g/mol. The number of β-amino-alcohol motifs (C(OH)–C–C–N with tert-alkyl or cyclic N) is 1. The Bertz CT molecular complexity index is 976. The number of aliphatic hydroxyl groups excluding tert-OH is 1. The molecule has 164 valence electrons. The molecule has 1 aliphatic heterocycles. The Labute approximate surface area is 176 Å². The lowest BCUT2D eigenvalue weighted by Crippen LogP contribution is -2.46. The monoisotopic (exact) mass is 455 g/mol. The molecule has 2 unspecified atom stereocenters. The number of aliphatic hydroxyl groups is 1. The van der Waals surface area contributed by atoms with Gasteiger partial charge in [-0.15, -0.1) is 0 Å². The Morgan fingerprint density at radius 1 is 1.07 bits per heavy atom. The molecule has 1 aliphatic rings. The van der Waals surface area contributed by atoms with E-state index in [1.54, 1.807) is 0 Å². The Hall–Kier alpha value is -1.74. The van der Waals surface area contributed by atoms with E-state index in [9.17, 15) is 18.1 Å². The zero-order valence-electron chi connectivity index (χ0n) is 16.4. The quantitative estimate of drug-likeness (QED) is 0.515. The van der Waals surface area contributed by atoms with E-state index in [4.69, 9.17) is 9.79 Å². The van der Waals surface area contributed by atoms with Gasteiger partial charge in [-0.1, -0.05) is 30.3 Å². The van der Waals surface area contributed by atoms with Gasteiger partial charge in [-0.3, -0.25) is 14.7 Å². The van der Waals surface area contributed by atoms with Gasteiger partial charge in [0.1, 0.15) is 5.75 Å². The number of phosphoric acid groups is 1. The second-order valence-electron chi connectivity index (χ2n) is 7.48. The van der Waals surface area contributed by atoms with Crippen LogP contribution in [0.1, 0.15) is 12.0 Å². The fourth-order valence-corrected chi connectivity index (χ4v) is 5.30. The standard InChI is InChI=1S/C20H26NO7PS/c22-20-15-21(11-10-17(20)14-16-4-2-1-3-5-16)12-13-30(26,27)19-8-6-18(7-9-19)28-29(23,24)25/h1-9,17,20,22H,10-15H2,(H2,23,24,25). The van der Waals surface area contributed by atoms with Gasteiger partial charge < -0.3 is 9.63 Å². The molecule has 0 spiro atoms. The minimum absolute atomic E-state index is 0.0556. The van der Waals surface area contributed by atoms with Gasteiger partial charge in [-0.05, 0) is 55.1 Å². The number of likely N-dealkylation sites (tertiary alicyclic amines) is 1. The van der Waals surface area contributed by atoms with Crippen molar-refractivity contribution in [2.45, 2.75) is 23.8 Å². The van der Waals surface area contributed by atoms with Crippen LogP contribution in [0.3, 0.4) is 0 Å². The summed E-state index contributed by atoms with van der Waals surface area (Å²) in [6.45, 7) is 1.46. The molecule has 2 aromatic carbocycles. The minimum atomic E-state index is -4.69. The minimum Gasteiger partial charge on any atom is -0.404 e. The second kappa shape index (κ2) is 9.60. The smallest absolute Gasteiger partial charge is 0.404 e. The van der Waals surface area contributed by atoms with Crippen LogP contribution in [0.25, 0.3) is 0 Å². The van der Waals surface area contributed by atoms with E-state index < -0.39 is 23.8 Å². The highest BCUT2D eigenvalue weighted by Gasteiger charge is 2.28. The molecule has 2 atom stereocenters. The number of hydrogen-bond donors (Lipinski definition) is 3. The molecule has 1 saturated heterocycles. The van der Waals surface area contributed by atoms with E-state index in [0.29, 0.717) is 13.1 Å². The predicted molar refractivity (Wildman–Crippen MR) is 112 cm³/mol. The van der Waals surface area contributed by atoms with Crippen molar-refractivity contribution in [3.8, 4) is 5.75 Å². The lowest BCUT2D eigenvalue weighted by molar-refractivity contribution is 0.0245. The maximum absolute atomic E-state index is 12.6. The Balaban J connectivity index is 1.52. The van der Waals surface area contributed by atoms with Crippen LogP contribution >= 0.6 is 7.82 Å². The molecule has 0 aromatic heterocycles. The number of hydrogen-bond acceptors (Lipinski definition) is 6. The van der Waals surface area contributed by atoms with Gasteiger partial charge in [0, 0.05) is 13.1 Å². The predicted octanol–water partition coefficient (Wildman–Crippen LogP) is 1.86.